The standard InChI is InChI=1S/C15H22FNO/c1-11(2)17-15-7-8-18-10-13(15)9-12-3-5-14(16)6-4-12/h3-6,11,13,15,17H,7-10H2,1-2H3/t13-,15-/m0/s1. The molecule has 0 amide bonds. The van der Waals surface area contributed by atoms with Gasteiger partial charge in [0.2, 0.25) is 0 Å². The summed E-state index contributed by atoms with van der Waals surface area (Å²) in [6, 6.07) is 7.80. The summed E-state index contributed by atoms with van der Waals surface area (Å²) in [5, 5.41) is 3.61. The minimum Gasteiger partial charge on any atom is -0.381 e. The van der Waals surface area contributed by atoms with E-state index in [1.165, 1.54) is 17.7 Å². The summed E-state index contributed by atoms with van der Waals surface area (Å²) in [7, 11) is 0. The number of hydrogen-bond acceptors (Lipinski definition) is 2. The van der Waals surface area contributed by atoms with Crippen molar-refractivity contribution in [2.24, 2.45) is 5.92 Å². The normalized spacial score (nSPS) is 24.4. The van der Waals surface area contributed by atoms with E-state index in [-0.39, 0.29) is 5.82 Å². The van der Waals surface area contributed by atoms with E-state index in [1.807, 2.05) is 12.1 Å². The first kappa shape index (κ1) is 13.5. The predicted molar refractivity (Wildman–Crippen MR) is 71.1 cm³/mol. The van der Waals surface area contributed by atoms with Crippen molar-refractivity contribution in [2.45, 2.75) is 38.8 Å². The highest BCUT2D eigenvalue weighted by Crippen LogP contribution is 2.20. The van der Waals surface area contributed by atoms with Crippen molar-refractivity contribution in [1.82, 2.24) is 5.32 Å². The lowest BCUT2D eigenvalue weighted by Gasteiger charge is -2.33. The van der Waals surface area contributed by atoms with Gasteiger partial charge in [-0.25, -0.2) is 4.39 Å². The molecule has 0 bridgehead atoms. The van der Waals surface area contributed by atoms with Crippen molar-refractivity contribution in [3.8, 4) is 0 Å². The Labute approximate surface area is 109 Å². The molecule has 1 aliphatic rings. The van der Waals surface area contributed by atoms with Crippen LogP contribution in [0.3, 0.4) is 0 Å². The first-order valence-corrected chi connectivity index (χ1v) is 6.73. The average Bonchev–Trinajstić information content (AvgIpc) is 2.34. The van der Waals surface area contributed by atoms with Gasteiger partial charge >= 0.3 is 0 Å². The number of benzene rings is 1. The predicted octanol–water partition coefficient (Wildman–Crippen LogP) is 2.77. The second-order valence-corrected chi connectivity index (χ2v) is 5.38. The minimum atomic E-state index is -0.171. The third-order valence-corrected chi connectivity index (χ3v) is 3.43. The molecule has 0 saturated carbocycles. The maximum absolute atomic E-state index is 12.9. The minimum absolute atomic E-state index is 0.171. The maximum Gasteiger partial charge on any atom is 0.123 e. The first-order chi connectivity index (χ1) is 8.65. The van der Waals surface area contributed by atoms with Gasteiger partial charge in [0.05, 0.1) is 6.61 Å². The monoisotopic (exact) mass is 251 g/mol. The highest BCUT2D eigenvalue weighted by Gasteiger charge is 2.26. The van der Waals surface area contributed by atoms with Crippen LogP contribution in [0.4, 0.5) is 4.39 Å². The van der Waals surface area contributed by atoms with E-state index in [4.69, 9.17) is 4.74 Å². The van der Waals surface area contributed by atoms with Crippen molar-refractivity contribution in [2.75, 3.05) is 13.2 Å². The van der Waals surface area contributed by atoms with Gasteiger partial charge in [-0.1, -0.05) is 26.0 Å². The molecular weight excluding hydrogens is 229 g/mol. The van der Waals surface area contributed by atoms with Gasteiger partial charge in [-0.05, 0) is 30.5 Å². The lowest BCUT2D eigenvalue weighted by molar-refractivity contribution is 0.0300. The molecule has 2 nitrogen and oxygen atoms in total. The number of ether oxygens (including phenoxy) is 1. The third-order valence-electron chi connectivity index (χ3n) is 3.43. The number of hydrogen-bond donors (Lipinski definition) is 1. The molecule has 1 aliphatic heterocycles. The van der Waals surface area contributed by atoms with Crippen LogP contribution in [-0.4, -0.2) is 25.3 Å². The van der Waals surface area contributed by atoms with E-state index in [2.05, 4.69) is 19.2 Å². The molecule has 2 rings (SSSR count). The number of rotatable bonds is 4. The van der Waals surface area contributed by atoms with Crippen molar-refractivity contribution < 1.29 is 9.13 Å². The Morgan fingerprint density at radius 2 is 2.06 bits per heavy atom. The molecule has 0 unspecified atom stereocenters. The van der Waals surface area contributed by atoms with Gasteiger partial charge in [0.15, 0.2) is 0 Å². The Morgan fingerprint density at radius 3 is 2.72 bits per heavy atom. The summed E-state index contributed by atoms with van der Waals surface area (Å²) in [5.74, 6) is 0.308. The van der Waals surface area contributed by atoms with Gasteiger partial charge in [0.25, 0.3) is 0 Å². The van der Waals surface area contributed by atoms with Crippen LogP contribution in [-0.2, 0) is 11.2 Å². The smallest absolute Gasteiger partial charge is 0.123 e. The van der Waals surface area contributed by atoms with Gasteiger partial charge in [0.1, 0.15) is 5.82 Å². The van der Waals surface area contributed by atoms with Crippen LogP contribution in [0, 0.1) is 11.7 Å². The zero-order valence-electron chi connectivity index (χ0n) is 11.2. The summed E-state index contributed by atoms with van der Waals surface area (Å²) in [4.78, 5) is 0. The Balaban J connectivity index is 1.98. The molecule has 18 heavy (non-hydrogen) atoms. The van der Waals surface area contributed by atoms with E-state index in [9.17, 15) is 4.39 Å². The van der Waals surface area contributed by atoms with Crippen LogP contribution >= 0.6 is 0 Å². The summed E-state index contributed by atoms with van der Waals surface area (Å²) in [5.41, 5.74) is 1.18. The third kappa shape index (κ3) is 3.79. The van der Waals surface area contributed by atoms with Gasteiger partial charge in [-0.2, -0.15) is 0 Å². The largest absolute Gasteiger partial charge is 0.381 e. The maximum atomic E-state index is 12.9. The second-order valence-electron chi connectivity index (χ2n) is 5.38. The average molecular weight is 251 g/mol. The van der Waals surface area contributed by atoms with Crippen LogP contribution in [0.5, 0.6) is 0 Å². The van der Waals surface area contributed by atoms with Crippen LogP contribution in [0.15, 0.2) is 24.3 Å². The zero-order chi connectivity index (χ0) is 13.0. The van der Waals surface area contributed by atoms with Gasteiger partial charge in [-0.15, -0.1) is 0 Å². The molecule has 0 aliphatic carbocycles. The SMILES string of the molecule is CC(C)N[C@H]1CCOC[C@@H]1Cc1ccc(F)cc1. The van der Waals surface area contributed by atoms with Crippen molar-refractivity contribution in [3.05, 3.63) is 35.6 Å². The van der Waals surface area contributed by atoms with Gasteiger partial charge < -0.3 is 10.1 Å². The van der Waals surface area contributed by atoms with E-state index in [1.54, 1.807) is 0 Å². The van der Waals surface area contributed by atoms with Crippen LogP contribution in [0.25, 0.3) is 0 Å². The molecule has 0 spiro atoms. The van der Waals surface area contributed by atoms with Crippen LogP contribution in [0.2, 0.25) is 0 Å². The quantitative estimate of drug-likeness (QED) is 0.888. The van der Waals surface area contributed by atoms with E-state index >= 15 is 0 Å². The molecule has 1 heterocycles. The van der Waals surface area contributed by atoms with Gasteiger partial charge in [0, 0.05) is 24.6 Å². The molecule has 1 fully saturated rings. The summed E-state index contributed by atoms with van der Waals surface area (Å²) in [6.07, 6.45) is 2.01. The molecule has 1 aromatic carbocycles. The zero-order valence-corrected chi connectivity index (χ0v) is 11.2. The second kappa shape index (κ2) is 6.30. The van der Waals surface area contributed by atoms with E-state index in [0.717, 1.165) is 26.1 Å². The molecule has 0 radical (unpaired) electrons. The fourth-order valence-corrected chi connectivity index (χ4v) is 2.57. The lowest BCUT2D eigenvalue weighted by Crippen LogP contribution is -2.46. The highest BCUT2D eigenvalue weighted by atomic mass is 19.1. The van der Waals surface area contributed by atoms with Crippen LogP contribution in [0.1, 0.15) is 25.8 Å². The fraction of sp³-hybridized carbons (Fsp3) is 0.600. The Bertz CT molecular complexity index is 363. The van der Waals surface area contributed by atoms with Crippen molar-refractivity contribution in [3.63, 3.8) is 0 Å². The topological polar surface area (TPSA) is 21.3 Å². The van der Waals surface area contributed by atoms with Crippen LogP contribution < -0.4 is 5.32 Å². The first-order valence-electron chi connectivity index (χ1n) is 6.73. The Kier molecular flexibility index (Phi) is 4.72. The molecule has 1 N–H and O–H groups in total. The Hall–Kier alpha value is -0.930. The lowest BCUT2D eigenvalue weighted by atomic mass is 9.89. The fourth-order valence-electron chi connectivity index (χ4n) is 2.57. The summed E-state index contributed by atoms with van der Waals surface area (Å²) in [6.45, 7) is 5.97. The molecular formula is C15H22FNO. The molecule has 1 saturated heterocycles. The number of halogens is 1. The number of nitrogens with one attached hydrogen (secondary N) is 1. The summed E-state index contributed by atoms with van der Waals surface area (Å²) < 4.78 is 18.5. The molecule has 2 atom stereocenters. The van der Waals surface area contributed by atoms with Crippen molar-refractivity contribution >= 4 is 0 Å². The highest BCUT2D eigenvalue weighted by molar-refractivity contribution is 5.17. The molecule has 1 aromatic rings. The van der Waals surface area contributed by atoms with E-state index in [0.29, 0.717) is 18.0 Å². The Morgan fingerprint density at radius 1 is 1.33 bits per heavy atom. The van der Waals surface area contributed by atoms with Gasteiger partial charge in [-0.3, -0.25) is 0 Å². The van der Waals surface area contributed by atoms with E-state index < -0.39 is 0 Å². The molecule has 0 aromatic heterocycles. The molecule has 100 valence electrons. The summed E-state index contributed by atoms with van der Waals surface area (Å²) >= 11 is 0. The van der Waals surface area contributed by atoms with Crippen molar-refractivity contribution in [1.29, 1.82) is 0 Å². The molecule has 3 heteroatoms.